The monoisotopic (exact) mass is 253 g/mol. The van der Waals surface area contributed by atoms with Gasteiger partial charge in [-0.3, -0.25) is 10.1 Å². The van der Waals surface area contributed by atoms with Gasteiger partial charge in [-0.2, -0.15) is 0 Å². The van der Waals surface area contributed by atoms with Gasteiger partial charge in [0.15, 0.2) is 0 Å². The fraction of sp³-hybridized carbons (Fsp3) is 0.200. The van der Waals surface area contributed by atoms with Crippen LogP contribution in [0.1, 0.15) is 12.0 Å². The van der Waals surface area contributed by atoms with Crippen molar-refractivity contribution in [1.29, 1.82) is 0 Å². The Labute approximate surface area is 90.4 Å². The van der Waals surface area contributed by atoms with E-state index in [0.717, 1.165) is 0 Å². The lowest BCUT2D eigenvalue weighted by Gasteiger charge is -2.00. The summed E-state index contributed by atoms with van der Waals surface area (Å²) in [5, 5.41) is 10.7. The van der Waals surface area contributed by atoms with Crippen LogP contribution in [0.15, 0.2) is 22.7 Å². The van der Waals surface area contributed by atoms with Crippen molar-refractivity contribution in [3.05, 3.63) is 38.3 Å². The highest BCUT2D eigenvalue weighted by atomic mass is 79.9. The number of terminal acetylenes is 1. The highest BCUT2D eigenvalue weighted by Crippen LogP contribution is 2.24. The minimum atomic E-state index is -0.392. The maximum absolute atomic E-state index is 10.7. The van der Waals surface area contributed by atoms with Gasteiger partial charge in [0, 0.05) is 22.5 Å². The second-order valence-corrected chi connectivity index (χ2v) is 3.65. The number of aryl methyl sites for hydroxylation is 1. The Kier molecular flexibility index (Phi) is 3.66. The molecule has 1 aromatic rings. The highest BCUT2D eigenvalue weighted by molar-refractivity contribution is 9.10. The summed E-state index contributed by atoms with van der Waals surface area (Å²) in [6.45, 7) is 0. The molecule has 0 aliphatic carbocycles. The van der Waals surface area contributed by atoms with Crippen molar-refractivity contribution in [3.8, 4) is 12.3 Å². The maximum Gasteiger partial charge on any atom is 0.273 e. The molecule has 0 radical (unpaired) electrons. The summed E-state index contributed by atoms with van der Waals surface area (Å²) >= 11 is 3.19. The Morgan fingerprint density at radius 3 is 2.86 bits per heavy atom. The highest BCUT2D eigenvalue weighted by Gasteiger charge is 2.12. The van der Waals surface area contributed by atoms with E-state index in [1.54, 1.807) is 12.1 Å². The van der Waals surface area contributed by atoms with Gasteiger partial charge < -0.3 is 0 Å². The van der Waals surface area contributed by atoms with Crippen LogP contribution in [0.5, 0.6) is 0 Å². The lowest BCUT2D eigenvalue weighted by Crippen LogP contribution is -1.95. The van der Waals surface area contributed by atoms with E-state index in [4.69, 9.17) is 6.42 Å². The summed E-state index contributed by atoms with van der Waals surface area (Å²) in [6, 6.07) is 4.99. The molecule has 0 bridgehead atoms. The average molecular weight is 254 g/mol. The molecule has 3 nitrogen and oxygen atoms in total. The fourth-order valence-corrected chi connectivity index (χ4v) is 1.47. The van der Waals surface area contributed by atoms with Crippen molar-refractivity contribution in [3.63, 3.8) is 0 Å². The second-order valence-electron chi connectivity index (χ2n) is 2.73. The molecular weight excluding hydrogens is 246 g/mol. The number of halogens is 1. The molecular formula is C10H8BrNO2. The summed E-state index contributed by atoms with van der Waals surface area (Å²) in [5.74, 6) is 2.46. The molecule has 0 aliphatic heterocycles. The van der Waals surface area contributed by atoms with Crippen molar-refractivity contribution in [2.75, 3.05) is 0 Å². The van der Waals surface area contributed by atoms with Crippen LogP contribution in [-0.2, 0) is 6.42 Å². The number of benzene rings is 1. The van der Waals surface area contributed by atoms with Crippen LogP contribution < -0.4 is 0 Å². The zero-order chi connectivity index (χ0) is 10.6. The van der Waals surface area contributed by atoms with E-state index in [2.05, 4.69) is 21.9 Å². The fourth-order valence-electron chi connectivity index (χ4n) is 1.13. The third-order valence-electron chi connectivity index (χ3n) is 1.78. The summed E-state index contributed by atoms with van der Waals surface area (Å²) in [5.41, 5.74) is 0.797. The molecule has 0 unspecified atom stereocenters. The third-order valence-corrected chi connectivity index (χ3v) is 2.28. The van der Waals surface area contributed by atoms with E-state index in [9.17, 15) is 10.1 Å². The number of nitro groups is 1. The molecule has 0 aromatic heterocycles. The zero-order valence-electron chi connectivity index (χ0n) is 7.37. The van der Waals surface area contributed by atoms with Crippen molar-refractivity contribution in [2.24, 2.45) is 0 Å². The summed E-state index contributed by atoms with van der Waals surface area (Å²) < 4.78 is 0.702. The van der Waals surface area contributed by atoms with Gasteiger partial charge in [0.2, 0.25) is 0 Å². The molecule has 0 heterocycles. The summed E-state index contributed by atoms with van der Waals surface area (Å²) in [6.07, 6.45) is 6.16. The first kappa shape index (κ1) is 10.7. The molecule has 72 valence electrons. The van der Waals surface area contributed by atoms with Crippen LogP contribution in [0.4, 0.5) is 5.69 Å². The van der Waals surface area contributed by atoms with Gasteiger partial charge in [-0.15, -0.1) is 12.3 Å². The van der Waals surface area contributed by atoms with E-state index >= 15 is 0 Å². The van der Waals surface area contributed by atoms with E-state index < -0.39 is 4.92 Å². The van der Waals surface area contributed by atoms with Crippen molar-refractivity contribution < 1.29 is 4.92 Å². The van der Waals surface area contributed by atoms with Gasteiger partial charge in [-0.25, -0.2) is 0 Å². The molecule has 0 N–H and O–H groups in total. The topological polar surface area (TPSA) is 43.1 Å². The average Bonchev–Trinajstić information content (AvgIpc) is 2.15. The maximum atomic E-state index is 10.7. The first-order valence-electron chi connectivity index (χ1n) is 4.01. The van der Waals surface area contributed by atoms with E-state index in [0.29, 0.717) is 22.9 Å². The standard InChI is InChI=1S/C10H8BrNO2/c1-2-3-4-8-5-6-9(11)7-10(8)12(13)14/h1,5-7H,3-4H2. The van der Waals surface area contributed by atoms with Crippen molar-refractivity contribution in [2.45, 2.75) is 12.8 Å². The Bertz CT molecular complexity index is 396. The van der Waals surface area contributed by atoms with Gasteiger partial charge in [0.05, 0.1) is 4.92 Å². The van der Waals surface area contributed by atoms with Crippen LogP contribution in [0, 0.1) is 22.5 Å². The normalized spacial score (nSPS) is 9.43. The first-order valence-corrected chi connectivity index (χ1v) is 4.80. The molecule has 0 aliphatic rings. The number of nitro benzene ring substituents is 1. The van der Waals surface area contributed by atoms with Gasteiger partial charge in [0.25, 0.3) is 5.69 Å². The minimum Gasteiger partial charge on any atom is -0.258 e. The Hall–Kier alpha value is -1.34. The Morgan fingerprint density at radius 1 is 1.57 bits per heavy atom. The largest absolute Gasteiger partial charge is 0.273 e. The molecule has 1 aromatic carbocycles. The number of hydrogen-bond acceptors (Lipinski definition) is 2. The quantitative estimate of drug-likeness (QED) is 0.472. The van der Waals surface area contributed by atoms with Gasteiger partial charge in [-0.05, 0) is 12.5 Å². The van der Waals surface area contributed by atoms with Crippen LogP contribution >= 0.6 is 15.9 Å². The lowest BCUT2D eigenvalue weighted by atomic mass is 10.1. The molecule has 14 heavy (non-hydrogen) atoms. The minimum absolute atomic E-state index is 0.120. The summed E-state index contributed by atoms with van der Waals surface area (Å²) in [7, 11) is 0. The lowest BCUT2D eigenvalue weighted by molar-refractivity contribution is -0.385. The number of hydrogen-bond donors (Lipinski definition) is 0. The molecule has 0 fully saturated rings. The van der Waals surface area contributed by atoms with Crippen LogP contribution in [0.2, 0.25) is 0 Å². The molecule has 0 spiro atoms. The Balaban J connectivity index is 3.03. The SMILES string of the molecule is C#CCCc1ccc(Br)cc1[N+](=O)[O-]. The van der Waals surface area contributed by atoms with Crippen LogP contribution in [0.25, 0.3) is 0 Å². The van der Waals surface area contributed by atoms with Gasteiger partial charge in [0.1, 0.15) is 0 Å². The van der Waals surface area contributed by atoms with Gasteiger partial charge >= 0.3 is 0 Å². The predicted octanol–water partition coefficient (Wildman–Crippen LogP) is 2.92. The number of rotatable bonds is 3. The van der Waals surface area contributed by atoms with Crippen molar-refractivity contribution >= 4 is 21.6 Å². The van der Waals surface area contributed by atoms with Crippen LogP contribution in [-0.4, -0.2) is 4.92 Å². The van der Waals surface area contributed by atoms with Crippen molar-refractivity contribution in [1.82, 2.24) is 0 Å². The molecule has 0 amide bonds. The zero-order valence-corrected chi connectivity index (χ0v) is 8.95. The second kappa shape index (κ2) is 4.77. The molecule has 4 heteroatoms. The van der Waals surface area contributed by atoms with E-state index in [1.165, 1.54) is 6.07 Å². The smallest absolute Gasteiger partial charge is 0.258 e. The third kappa shape index (κ3) is 2.57. The van der Waals surface area contributed by atoms with Crippen LogP contribution in [0.3, 0.4) is 0 Å². The van der Waals surface area contributed by atoms with Gasteiger partial charge in [-0.1, -0.05) is 22.0 Å². The predicted molar refractivity (Wildman–Crippen MR) is 58.0 cm³/mol. The Morgan fingerprint density at radius 2 is 2.29 bits per heavy atom. The first-order chi connectivity index (χ1) is 6.65. The number of nitrogens with zero attached hydrogens (tertiary/aromatic N) is 1. The molecule has 1 rings (SSSR count). The molecule has 0 atom stereocenters. The van der Waals surface area contributed by atoms with E-state index in [1.807, 2.05) is 0 Å². The summed E-state index contributed by atoms with van der Waals surface area (Å²) in [4.78, 5) is 10.3. The molecule has 0 saturated carbocycles. The molecule has 0 saturated heterocycles. The van der Waals surface area contributed by atoms with E-state index in [-0.39, 0.29) is 5.69 Å².